The standard InChI is InChI=1S/C23H21N3O4S/c1-3-30-17-10-8-16(9-11-17)26-22(28)21-19(12-13-31-21)25(23(26)29)14-20(27)24-18-7-5-4-6-15(18)2/h4-13H,3,14H2,1-2H3,(H,24,27). The number of rotatable bonds is 6. The average molecular weight is 436 g/mol. The summed E-state index contributed by atoms with van der Waals surface area (Å²) in [4.78, 5) is 39.0. The molecule has 1 N–H and O–H groups in total. The number of hydrogen-bond donors (Lipinski definition) is 1. The minimum absolute atomic E-state index is 0.211. The summed E-state index contributed by atoms with van der Waals surface area (Å²) in [5, 5.41) is 4.58. The summed E-state index contributed by atoms with van der Waals surface area (Å²) in [6, 6.07) is 15.8. The Morgan fingerprint density at radius 2 is 1.81 bits per heavy atom. The van der Waals surface area contributed by atoms with Gasteiger partial charge in [0.25, 0.3) is 5.56 Å². The minimum atomic E-state index is -0.569. The molecule has 158 valence electrons. The Bertz CT molecular complexity index is 1370. The van der Waals surface area contributed by atoms with E-state index >= 15 is 0 Å². The van der Waals surface area contributed by atoms with Gasteiger partial charge in [0.1, 0.15) is 17.0 Å². The van der Waals surface area contributed by atoms with Crippen molar-refractivity contribution in [2.75, 3.05) is 11.9 Å². The van der Waals surface area contributed by atoms with Gasteiger partial charge in [0.15, 0.2) is 0 Å². The van der Waals surface area contributed by atoms with Crippen LogP contribution in [-0.4, -0.2) is 21.6 Å². The molecule has 7 nitrogen and oxygen atoms in total. The Morgan fingerprint density at radius 3 is 2.52 bits per heavy atom. The molecule has 0 fully saturated rings. The van der Waals surface area contributed by atoms with Crippen molar-refractivity contribution in [1.82, 2.24) is 9.13 Å². The van der Waals surface area contributed by atoms with Gasteiger partial charge >= 0.3 is 5.69 Å². The van der Waals surface area contributed by atoms with Crippen LogP contribution < -0.4 is 21.3 Å². The van der Waals surface area contributed by atoms with Crippen LogP contribution in [0.3, 0.4) is 0 Å². The highest BCUT2D eigenvalue weighted by Crippen LogP contribution is 2.19. The number of carbonyl (C=O) groups excluding carboxylic acids is 1. The lowest BCUT2D eigenvalue weighted by Gasteiger charge is -2.13. The average Bonchev–Trinajstić information content (AvgIpc) is 3.25. The van der Waals surface area contributed by atoms with Crippen molar-refractivity contribution in [3.8, 4) is 11.4 Å². The minimum Gasteiger partial charge on any atom is -0.494 e. The maximum absolute atomic E-state index is 13.3. The molecule has 2 aromatic heterocycles. The van der Waals surface area contributed by atoms with Gasteiger partial charge in [-0.1, -0.05) is 18.2 Å². The Morgan fingerprint density at radius 1 is 1.06 bits per heavy atom. The number of aromatic nitrogens is 2. The number of carbonyl (C=O) groups is 1. The maximum Gasteiger partial charge on any atom is 0.336 e. The van der Waals surface area contributed by atoms with Crippen LogP contribution in [0.2, 0.25) is 0 Å². The highest BCUT2D eigenvalue weighted by Gasteiger charge is 2.18. The van der Waals surface area contributed by atoms with Crippen molar-refractivity contribution < 1.29 is 9.53 Å². The van der Waals surface area contributed by atoms with Crippen molar-refractivity contribution in [3.63, 3.8) is 0 Å². The zero-order chi connectivity index (χ0) is 22.0. The summed E-state index contributed by atoms with van der Waals surface area (Å²) in [5.41, 5.74) is 1.49. The predicted octanol–water partition coefficient (Wildman–Crippen LogP) is 3.56. The number of thiophene rings is 1. The molecule has 0 spiro atoms. The predicted molar refractivity (Wildman–Crippen MR) is 123 cm³/mol. The van der Waals surface area contributed by atoms with Crippen LogP contribution in [0.5, 0.6) is 5.75 Å². The van der Waals surface area contributed by atoms with E-state index in [0.717, 1.165) is 10.1 Å². The van der Waals surface area contributed by atoms with Gasteiger partial charge in [0.2, 0.25) is 5.91 Å². The first-order chi connectivity index (χ1) is 15.0. The lowest BCUT2D eigenvalue weighted by molar-refractivity contribution is -0.116. The molecule has 31 heavy (non-hydrogen) atoms. The third kappa shape index (κ3) is 4.02. The van der Waals surface area contributed by atoms with Crippen LogP contribution in [0.25, 0.3) is 15.9 Å². The number of amides is 1. The van der Waals surface area contributed by atoms with Crippen LogP contribution in [0.15, 0.2) is 69.6 Å². The molecular weight excluding hydrogens is 414 g/mol. The molecule has 0 aliphatic rings. The molecule has 4 aromatic rings. The van der Waals surface area contributed by atoms with Crippen molar-refractivity contribution in [2.45, 2.75) is 20.4 Å². The van der Waals surface area contributed by atoms with E-state index in [-0.39, 0.29) is 12.5 Å². The van der Waals surface area contributed by atoms with E-state index in [1.54, 1.807) is 41.8 Å². The molecule has 0 atom stereocenters. The molecule has 0 aliphatic carbocycles. The SMILES string of the molecule is CCOc1ccc(-n2c(=O)c3sccc3n(CC(=O)Nc3ccccc3C)c2=O)cc1. The Kier molecular flexibility index (Phi) is 5.73. The van der Waals surface area contributed by atoms with Crippen LogP contribution >= 0.6 is 11.3 Å². The first-order valence-corrected chi connectivity index (χ1v) is 10.7. The molecule has 8 heteroatoms. The molecule has 4 rings (SSSR count). The van der Waals surface area contributed by atoms with Gasteiger partial charge < -0.3 is 10.1 Å². The molecule has 2 aromatic carbocycles. The van der Waals surface area contributed by atoms with Crippen molar-refractivity contribution >= 4 is 33.1 Å². The fourth-order valence-corrected chi connectivity index (χ4v) is 4.20. The van der Waals surface area contributed by atoms with Gasteiger partial charge in [-0.2, -0.15) is 0 Å². The van der Waals surface area contributed by atoms with Crippen molar-refractivity contribution in [1.29, 1.82) is 0 Å². The molecular formula is C23H21N3O4S. The van der Waals surface area contributed by atoms with E-state index in [1.807, 2.05) is 32.0 Å². The largest absolute Gasteiger partial charge is 0.494 e. The molecule has 0 saturated heterocycles. The number of para-hydroxylation sites is 1. The summed E-state index contributed by atoms with van der Waals surface area (Å²) < 4.78 is 8.27. The quantitative estimate of drug-likeness (QED) is 0.502. The summed E-state index contributed by atoms with van der Waals surface area (Å²) in [6.45, 7) is 4.08. The number of benzene rings is 2. The fourth-order valence-electron chi connectivity index (χ4n) is 3.37. The Labute approximate surface area is 182 Å². The third-order valence-corrected chi connectivity index (χ3v) is 5.77. The van der Waals surface area contributed by atoms with E-state index < -0.39 is 11.2 Å². The zero-order valence-corrected chi connectivity index (χ0v) is 17.9. The second-order valence-corrected chi connectivity index (χ2v) is 7.85. The number of hydrogen-bond acceptors (Lipinski definition) is 5. The first kappa shape index (κ1) is 20.6. The Balaban J connectivity index is 1.76. The summed E-state index contributed by atoms with van der Waals surface area (Å²) in [6.07, 6.45) is 0. The van der Waals surface area contributed by atoms with E-state index in [2.05, 4.69) is 5.32 Å². The lowest BCUT2D eigenvalue weighted by atomic mass is 10.2. The molecule has 0 aliphatic heterocycles. The molecule has 1 amide bonds. The first-order valence-electron chi connectivity index (χ1n) is 9.81. The van der Waals surface area contributed by atoms with E-state index in [0.29, 0.717) is 33.9 Å². The number of nitrogens with zero attached hydrogens (tertiary/aromatic N) is 2. The molecule has 0 saturated carbocycles. The second-order valence-electron chi connectivity index (χ2n) is 6.93. The van der Waals surface area contributed by atoms with Gasteiger partial charge in [-0.05, 0) is 61.2 Å². The van der Waals surface area contributed by atoms with Gasteiger partial charge in [-0.15, -0.1) is 11.3 Å². The van der Waals surface area contributed by atoms with Crippen LogP contribution in [-0.2, 0) is 11.3 Å². The molecule has 0 unspecified atom stereocenters. The van der Waals surface area contributed by atoms with Crippen molar-refractivity contribution in [3.05, 3.63) is 86.4 Å². The third-order valence-electron chi connectivity index (χ3n) is 4.88. The molecule has 0 bridgehead atoms. The van der Waals surface area contributed by atoms with E-state index in [9.17, 15) is 14.4 Å². The monoisotopic (exact) mass is 435 g/mol. The van der Waals surface area contributed by atoms with Gasteiger partial charge in [0.05, 0.1) is 17.8 Å². The second kappa shape index (κ2) is 8.61. The molecule has 2 heterocycles. The van der Waals surface area contributed by atoms with Gasteiger partial charge in [-0.3, -0.25) is 14.2 Å². The zero-order valence-electron chi connectivity index (χ0n) is 17.1. The van der Waals surface area contributed by atoms with Crippen LogP contribution in [0.1, 0.15) is 12.5 Å². The Hall–Kier alpha value is -3.65. The number of nitrogens with one attached hydrogen (secondary N) is 1. The van der Waals surface area contributed by atoms with E-state index in [1.165, 1.54) is 15.9 Å². The highest BCUT2D eigenvalue weighted by molar-refractivity contribution is 7.17. The topological polar surface area (TPSA) is 82.3 Å². The normalized spacial score (nSPS) is 10.9. The van der Waals surface area contributed by atoms with Crippen LogP contribution in [0, 0.1) is 6.92 Å². The lowest BCUT2D eigenvalue weighted by Crippen LogP contribution is -2.40. The summed E-state index contributed by atoms with van der Waals surface area (Å²) in [7, 11) is 0. The van der Waals surface area contributed by atoms with E-state index in [4.69, 9.17) is 4.74 Å². The number of aryl methyl sites for hydroxylation is 1. The smallest absolute Gasteiger partial charge is 0.336 e. The fraction of sp³-hybridized carbons (Fsp3) is 0.174. The molecule has 0 radical (unpaired) electrons. The van der Waals surface area contributed by atoms with Crippen molar-refractivity contribution in [2.24, 2.45) is 0 Å². The number of ether oxygens (including phenoxy) is 1. The van der Waals surface area contributed by atoms with Gasteiger partial charge in [0, 0.05) is 5.69 Å². The summed E-state index contributed by atoms with van der Waals surface area (Å²) in [5.74, 6) is 0.301. The number of anilines is 1. The number of fused-ring (bicyclic) bond motifs is 1. The van der Waals surface area contributed by atoms with Gasteiger partial charge in [-0.25, -0.2) is 9.36 Å². The van der Waals surface area contributed by atoms with Crippen LogP contribution in [0.4, 0.5) is 5.69 Å². The summed E-state index contributed by atoms with van der Waals surface area (Å²) >= 11 is 1.24. The highest BCUT2D eigenvalue weighted by atomic mass is 32.1. The maximum atomic E-state index is 13.3.